The van der Waals surface area contributed by atoms with E-state index in [1.54, 1.807) is 13.1 Å². The SMILES string of the molecule is Cc1noc(CCNc2c(N)cnc3ccccc23)n1. The standard InChI is InChI=1S/C14H15N5O/c1-9-18-13(20-19-9)6-7-16-14-10-4-2-3-5-12(10)17-8-11(14)15/h2-5,8H,6-7,15H2,1H3,(H,16,17). The molecule has 0 spiro atoms. The van der Waals surface area contributed by atoms with Crippen LogP contribution in [0.4, 0.5) is 11.4 Å². The molecule has 0 saturated carbocycles. The number of aryl methyl sites for hydroxylation is 1. The lowest BCUT2D eigenvalue weighted by Crippen LogP contribution is -2.08. The fraction of sp³-hybridized carbons (Fsp3) is 0.214. The van der Waals surface area contributed by atoms with Gasteiger partial charge in [0.05, 0.1) is 23.1 Å². The zero-order chi connectivity index (χ0) is 13.9. The van der Waals surface area contributed by atoms with E-state index in [1.807, 2.05) is 24.3 Å². The molecule has 2 heterocycles. The van der Waals surface area contributed by atoms with Gasteiger partial charge in [-0.1, -0.05) is 23.4 Å². The number of fused-ring (bicyclic) bond motifs is 1. The number of hydrogen-bond donors (Lipinski definition) is 2. The molecule has 0 amide bonds. The number of rotatable bonds is 4. The summed E-state index contributed by atoms with van der Waals surface area (Å²) in [6.07, 6.45) is 2.32. The third-order valence-electron chi connectivity index (χ3n) is 3.02. The molecule has 0 saturated heterocycles. The van der Waals surface area contributed by atoms with Crippen molar-refractivity contribution in [1.29, 1.82) is 0 Å². The van der Waals surface area contributed by atoms with Gasteiger partial charge in [-0.2, -0.15) is 4.98 Å². The highest BCUT2D eigenvalue weighted by Crippen LogP contribution is 2.27. The van der Waals surface area contributed by atoms with E-state index in [1.165, 1.54) is 0 Å². The van der Waals surface area contributed by atoms with Gasteiger partial charge in [0.1, 0.15) is 0 Å². The highest BCUT2D eigenvalue weighted by molar-refractivity contribution is 5.96. The van der Waals surface area contributed by atoms with Crippen LogP contribution in [0.5, 0.6) is 0 Å². The molecule has 0 radical (unpaired) electrons. The smallest absolute Gasteiger partial charge is 0.228 e. The van der Waals surface area contributed by atoms with E-state index in [0.29, 0.717) is 30.4 Å². The van der Waals surface area contributed by atoms with E-state index in [4.69, 9.17) is 10.3 Å². The number of pyridine rings is 1. The lowest BCUT2D eigenvalue weighted by Gasteiger charge is -2.11. The molecule has 0 fully saturated rings. The largest absolute Gasteiger partial charge is 0.396 e. The topological polar surface area (TPSA) is 89.9 Å². The van der Waals surface area contributed by atoms with E-state index < -0.39 is 0 Å². The molecule has 3 N–H and O–H groups in total. The van der Waals surface area contributed by atoms with Crippen LogP contribution in [-0.2, 0) is 6.42 Å². The third-order valence-corrected chi connectivity index (χ3v) is 3.02. The summed E-state index contributed by atoms with van der Waals surface area (Å²) in [5.41, 5.74) is 8.43. The van der Waals surface area contributed by atoms with Crippen molar-refractivity contribution in [2.45, 2.75) is 13.3 Å². The maximum absolute atomic E-state index is 5.99. The number of nitrogens with two attached hydrogens (primary N) is 1. The van der Waals surface area contributed by atoms with Crippen molar-refractivity contribution in [2.24, 2.45) is 0 Å². The number of nitrogens with zero attached hydrogens (tertiary/aromatic N) is 3. The van der Waals surface area contributed by atoms with Crippen molar-refractivity contribution >= 4 is 22.3 Å². The third kappa shape index (κ3) is 2.40. The van der Waals surface area contributed by atoms with Gasteiger partial charge < -0.3 is 15.6 Å². The predicted molar refractivity (Wildman–Crippen MR) is 77.4 cm³/mol. The quantitative estimate of drug-likeness (QED) is 0.754. The van der Waals surface area contributed by atoms with E-state index in [9.17, 15) is 0 Å². The zero-order valence-corrected chi connectivity index (χ0v) is 11.1. The first-order valence-electron chi connectivity index (χ1n) is 6.40. The molecule has 3 aromatic rings. The van der Waals surface area contributed by atoms with Gasteiger partial charge in [0.25, 0.3) is 0 Å². The summed E-state index contributed by atoms with van der Waals surface area (Å²) in [5, 5.41) is 8.09. The Kier molecular flexibility index (Phi) is 3.20. The summed E-state index contributed by atoms with van der Waals surface area (Å²) in [6, 6.07) is 7.88. The molecule has 2 aromatic heterocycles. The minimum atomic E-state index is 0.618. The van der Waals surface area contributed by atoms with Gasteiger partial charge in [0.2, 0.25) is 5.89 Å². The maximum Gasteiger partial charge on any atom is 0.228 e. The molecule has 0 aliphatic heterocycles. The number of nitrogens with one attached hydrogen (secondary N) is 1. The van der Waals surface area contributed by atoms with Gasteiger partial charge in [0.15, 0.2) is 5.82 Å². The van der Waals surface area contributed by atoms with Crippen molar-refractivity contribution in [3.63, 3.8) is 0 Å². The molecule has 3 rings (SSSR count). The van der Waals surface area contributed by atoms with E-state index >= 15 is 0 Å². The summed E-state index contributed by atoms with van der Waals surface area (Å²) in [6.45, 7) is 2.47. The van der Waals surface area contributed by atoms with Crippen LogP contribution in [0.3, 0.4) is 0 Å². The van der Waals surface area contributed by atoms with Crippen LogP contribution >= 0.6 is 0 Å². The Morgan fingerprint density at radius 1 is 1.30 bits per heavy atom. The van der Waals surface area contributed by atoms with Crippen LogP contribution in [-0.4, -0.2) is 21.7 Å². The van der Waals surface area contributed by atoms with E-state index in [2.05, 4.69) is 20.4 Å². The van der Waals surface area contributed by atoms with Crippen LogP contribution in [0.15, 0.2) is 35.0 Å². The van der Waals surface area contributed by atoms with Crippen LogP contribution < -0.4 is 11.1 Å². The van der Waals surface area contributed by atoms with Gasteiger partial charge >= 0.3 is 0 Å². The molecule has 0 aliphatic carbocycles. The Bertz CT molecular complexity index is 737. The number of aromatic nitrogens is 3. The molecule has 0 atom stereocenters. The number of hydrogen-bond acceptors (Lipinski definition) is 6. The van der Waals surface area contributed by atoms with E-state index in [0.717, 1.165) is 16.6 Å². The molecule has 6 heteroatoms. The maximum atomic E-state index is 5.99. The first-order valence-corrected chi connectivity index (χ1v) is 6.40. The second-order valence-electron chi connectivity index (χ2n) is 4.52. The Balaban J connectivity index is 1.78. The number of anilines is 2. The van der Waals surface area contributed by atoms with Gasteiger partial charge in [-0.15, -0.1) is 0 Å². The second kappa shape index (κ2) is 5.16. The Morgan fingerprint density at radius 2 is 2.15 bits per heavy atom. The molecule has 20 heavy (non-hydrogen) atoms. The minimum Gasteiger partial charge on any atom is -0.396 e. The van der Waals surface area contributed by atoms with Crippen LogP contribution in [0, 0.1) is 6.92 Å². The molecule has 1 aromatic carbocycles. The van der Waals surface area contributed by atoms with Gasteiger partial charge in [-0.05, 0) is 13.0 Å². The highest BCUT2D eigenvalue weighted by atomic mass is 16.5. The Labute approximate surface area is 116 Å². The molecule has 102 valence electrons. The summed E-state index contributed by atoms with van der Waals surface area (Å²) in [7, 11) is 0. The fourth-order valence-electron chi connectivity index (χ4n) is 2.09. The minimum absolute atomic E-state index is 0.618. The highest BCUT2D eigenvalue weighted by Gasteiger charge is 2.07. The molecular formula is C14H15N5O. The van der Waals surface area contributed by atoms with Crippen molar-refractivity contribution in [2.75, 3.05) is 17.6 Å². The van der Waals surface area contributed by atoms with E-state index in [-0.39, 0.29) is 0 Å². The van der Waals surface area contributed by atoms with Gasteiger partial charge in [0, 0.05) is 18.4 Å². The number of benzene rings is 1. The summed E-state index contributed by atoms with van der Waals surface area (Å²) < 4.78 is 5.08. The van der Waals surface area contributed by atoms with Gasteiger partial charge in [-0.3, -0.25) is 4.98 Å². The first-order chi connectivity index (χ1) is 9.74. The lowest BCUT2D eigenvalue weighted by molar-refractivity contribution is 0.377. The second-order valence-corrected chi connectivity index (χ2v) is 4.52. The fourth-order valence-corrected chi connectivity index (χ4v) is 2.09. The Morgan fingerprint density at radius 3 is 2.95 bits per heavy atom. The molecule has 0 aliphatic rings. The predicted octanol–water partition coefficient (Wildman–Crippen LogP) is 2.16. The van der Waals surface area contributed by atoms with Crippen LogP contribution in [0.2, 0.25) is 0 Å². The average molecular weight is 269 g/mol. The molecule has 0 bridgehead atoms. The van der Waals surface area contributed by atoms with Gasteiger partial charge in [-0.25, -0.2) is 0 Å². The monoisotopic (exact) mass is 269 g/mol. The van der Waals surface area contributed by atoms with Crippen molar-refractivity contribution in [3.05, 3.63) is 42.2 Å². The molecule has 0 unspecified atom stereocenters. The summed E-state index contributed by atoms with van der Waals surface area (Å²) in [5.74, 6) is 1.26. The molecular weight excluding hydrogens is 254 g/mol. The van der Waals surface area contributed by atoms with Crippen molar-refractivity contribution in [1.82, 2.24) is 15.1 Å². The normalized spacial score (nSPS) is 10.8. The van der Waals surface area contributed by atoms with Crippen molar-refractivity contribution < 1.29 is 4.52 Å². The molecule has 6 nitrogen and oxygen atoms in total. The average Bonchev–Trinajstić information content (AvgIpc) is 2.87. The Hall–Kier alpha value is -2.63. The summed E-state index contributed by atoms with van der Waals surface area (Å²) in [4.78, 5) is 8.47. The lowest BCUT2D eigenvalue weighted by atomic mass is 10.1. The van der Waals surface area contributed by atoms with Crippen LogP contribution in [0.1, 0.15) is 11.7 Å². The van der Waals surface area contributed by atoms with Crippen LogP contribution in [0.25, 0.3) is 10.9 Å². The number of nitrogen functional groups attached to an aromatic ring is 1. The zero-order valence-electron chi connectivity index (χ0n) is 11.1. The summed E-state index contributed by atoms with van der Waals surface area (Å²) >= 11 is 0. The van der Waals surface area contributed by atoms with Crippen molar-refractivity contribution in [3.8, 4) is 0 Å². The first kappa shape index (κ1) is 12.4. The number of para-hydroxylation sites is 1.